The third kappa shape index (κ3) is 4.52. The van der Waals surface area contributed by atoms with Crippen LogP contribution in [-0.4, -0.2) is 52.5 Å². The van der Waals surface area contributed by atoms with Crippen LogP contribution in [0.1, 0.15) is 43.3 Å². The van der Waals surface area contributed by atoms with Crippen molar-refractivity contribution in [3.63, 3.8) is 0 Å². The number of anilines is 2. The zero-order chi connectivity index (χ0) is 23.2. The quantitative estimate of drug-likeness (QED) is 0.503. The Kier molecular flexibility index (Phi) is 5.94. The summed E-state index contributed by atoms with van der Waals surface area (Å²) in [5.74, 6) is 0. The molecule has 0 aliphatic carbocycles. The Morgan fingerprint density at radius 3 is 2.91 bits per heavy atom. The number of urea groups is 1. The number of hydrogen-bond acceptors (Lipinski definition) is 8. The number of nitrogens with one attached hydrogen (secondary N) is 2. The Morgan fingerprint density at radius 2 is 2.12 bits per heavy atom. The van der Waals surface area contributed by atoms with Gasteiger partial charge < -0.3 is 24.5 Å². The van der Waals surface area contributed by atoms with Gasteiger partial charge in [0.2, 0.25) is 0 Å². The molecule has 2 amide bonds. The first-order valence-electron chi connectivity index (χ1n) is 11.0. The molecule has 1 aromatic carbocycles. The number of ether oxygens (including phenoxy) is 1. The SMILES string of the molecule is C[C@@H]1Cc2nc(NC(=O)NCC3(O)CCOCC3)sc2[C@H](C)N1c1nc2cc(Cl)ccc2o1. The average Bonchev–Trinajstić information content (AvgIpc) is 3.36. The average molecular weight is 492 g/mol. The molecule has 0 spiro atoms. The van der Waals surface area contributed by atoms with E-state index in [4.69, 9.17) is 20.8 Å². The molecule has 4 heterocycles. The maximum absolute atomic E-state index is 12.4. The van der Waals surface area contributed by atoms with Crippen LogP contribution in [0.2, 0.25) is 5.02 Å². The van der Waals surface area contributed by atoms with E-state index in [0.717, 1.165) is 16.1 Å². The Labute approximate surface area is 200 Å². The number of fused-ring (bicyclic) bond motifs is 2. The Hall–Kier alpha value is -2.40. The van der Waals surface area contributed by atoms with Crippen LogP contribution in [0, 0.1) is 0 Å². The third-order valence-electron chi connectivity index (χ3n) is 6.27. The maximum atomic E-state index is 12.4. The summed E-state index contributed by atoms with van der Waals surface area (Å²) in [6.45, 7) is 5.36. The lowest BCUT2D eigenvalue weighted by atomic mass is 9.94. The normalized spacial score (nSPS) is 22.2. The number of nitrogens with zero attached hydrogens (tertiary/aromatic N) is 3. The fourth-order valence-corrected chi connectivity index (χ4v) is 5.65. The molecule has 0 bridgehead atoms. The number of carbonyl (C=O) groups excluding carboxylic acids is 1. The van der Waals surface area contributed by atoms with Crippen LogP contribution in [0.4, 0.5) is 15.9 Å². The van der Waals surface area contributed by atoms with Crippen LogP contribution in [0.15, 0.2) is 22.6 Å². The van der Waals surface area contributed by atoms with Crippen molar-refractivity contribution in [3.8, 4) is 0 Å². The molecule has 1 saturated heterocycles. The number of aliphatic hydroxyl groups is 1. The number of oxazole rings is 1. The van der Waals surface area contributed by atoms with E-state index in [0.29, 0.717) is 54.2 Å². The van der Waals surface area contributed by atoms with Gasteiger partial charge in [0.15, 0.2) is 10.7 Å². The predicted molar refractivity (Wildman–Crippen MR) is 127 cm³/mol. The summed E-state index contributed by atoms with van der Waals surface area (Å²) in [5, 5.41) is 17.2. The second-order valence-electron chi connectivity index (χ2n) is 8.72. The number of thiazole rings is 1. The van der Waals surface area contributed by atoms with Gasteiger partial charge in [-0.2, -0.15) is 4.98 Å². The molecule has 1 fully saturated rings. The van der Waals surface area contributed by atoms with E-state index in [-0.39, 0.29) is 24.7 Å². The van der Waals surface area contributed by atoms with Gasteiger partial charge in [-0.15, -0.1) is 0 Å². The molecule has 33 heavy (non-hydrogen) atoms. The van der Waals surface area contributed by atoms with Gasteiger partial charge in [-0.1, -0.05) is 22.9 Å². The second-order valence-corrected chi connectivity index (χ2v) is 10.2. The van der Waals surface area contributed by atoms with Gasteiger partial charge in [-0.05, 0) is 32.0 Å². The highest BCUT2D eigenvalue weighted by Gasteiger charge is 2.35. The highest BCUT2D eigenvalue weighted by atomic mass is 35.5. The first-order valence-corrected chi connectivity index (χ1v) is 12.2. The number of halogens is 1. The fraction of sp³-hybridized carbons (Fsp3) is 0.500. The van der Waals surface area contributed by atoms with Crippen molar-refractivity contribution >= 4 is 51.2 Å². The highest BCUT2D eigenvalue weighted by molar-refractivity contribution is 7.16. The van der Waals surface area contributed by atoms with Crippen LogP contribution in [0.5, 0.6) is 0 Å². The number of hydrogen-bond donors (Lipinski definition) is 3. The lowest BCUT2D eigenvalue weighted by Crippen LogP contribution is -2.47. The van der Waals surface area contributed by atoms with Crippen molar-refractivity contribution < 1.29 is 19.1 Å². The van der Waals surface area contributed by atoms with E-state index >= 15 is 0 Å². The zero-order valence-corrected chi connectivity index (χ0v) is 20.0. The van der Waals surface area contributed by atoms with Crippen molar-refractivity contribution in [1.82, 2.24) is 15.3 Å². The van der Waals surface area contributed by atoms with E-state index in [1.54, 1.807) is 12.1 Å². The van der Waals surface area contributed by atoms with E-state index in [9.17, 15) is 9.90 Å². The molecule has 9 nitrogen and oxygen atoms in total. The van der Waals surface area contributed by atoms with Crippen LogP contribution in [-0.2, 0) is 11.2 Å². The fourth-order valence-electron chi connectivity index (χ4n) is 4.44. The lowest BCUT2D eigenvalue weighted by molar-refractivity contribution is -0.0598. The molecule has 5 rings (SSSR count). The molecule has 2 atom stereocenters. The van der Waals surface area contributed by atoms with Gasteiger partial charge in [0.25, 0.3) is 6.01 Å². The number of carbonyl (C=O) groups is 1. The van der Waals surface area contributed by atoms with Crippen molar-refractivity contribution in [2.24, 2.45) is 0 Å². The summed E-state index contributed by atoms with van der Waals surface area (Å²) in [6.07, 6.45) is 1.72. The van der Waals surface area contributed by atoms with Crippen LogP contribution < -0.4 is 15.5 Å². The van der Waals surface area contributed by atoms with Crippen LogP contribution >= 0.6 is 22.9 Å². The van der Waals surface area contributed by atoms with Crippen LogP contribution in [0.3, 0.4) is 0 Å². The van der Waals surface area contributed by atoms with Gasteiger partial charge in [0, 0.05) is 50.1 Å². The predicted octanol–water partition coefficient (Wildman–Crippen LogP) is 4.11. The molecule has 2 aliphatic heterocycles. The third-order valence-corrected chi connectivity index (χ3v) is 7.69. The maximum Gasteiger partial charge on any atom is 0.321 e. The van der Waals surface area contributed by atoms with Crippen molar-refractivity contribution in [1.29, 1.82) is 0 Å². The highest BCUT2D eigenvalue weighted by Crippen LogP contribution is 2.41. The standard InChI is InChI=1S/C22H26ClN5O4S/c1-12-9-16-18(13(2)28(12)21-26-15-10-14(23)3-4-17(15)32-21)33-20(25-16)27-19(29)24-11-22(30)5-7-31-8-6-22/h3-4,10,12-13,30H,5-9,11H2,1-2H3,(H2,24,25,27,29)/t12-,13+/m1/s1. The Balaban J connectivity index is 1.29. The first kappa shape index (κ1) is 22.4. The Morgan fingerprint density at radius 1 is 1.33 bits per heavy atom. The number of benzene rings is 1. The summed E-state index contributed by atoms with van der Waals surface area (Å²) < 4.78 is 11.3. The smallest absolute Gasteiger partial charge is 0.321 e. The molecule has 176 valence electrons. The molecule has 2 aromatic heterocycles. The summed E-state index contributed by atoms with van der Waals surface area (Å²) in [4.78, 5) is 24.9. The van der Waals surface area contributed by atoms with Crippen molar-refractivity contribution in [2.75, 3.05) is 30.0 Å². The molecule has 0 radical (unpaired) electrons. The minimum Gasteiger partial charge on any atom is -0.423 e. The Bertz CT molecular complexity index is 1170. The minimum atomic E-state index is -0.925. The number of aromatic nitrogens is 2. The zero-order valence-electron chi connectivity index (χ0n) is 18.4. The first-order chi connectivity index (χ1) is 15.8. The van der Waals surface area contributed by atoms with Gasteiger partial charge in [-0.3, -0.25) is 5.32 Å². The topological polar surface area (TPSA) is 113 Å². The molecule has 3 N–H and O–H groups in total. The van der Waals surface area contributed by atoms with E-state index < -0.39 is 5.60 Å². The molecule has 0 unspecified atom stereocenters. The largest absolute Gasteiger partial charge is 0.423 e. The monoisotopic (exact) mass is 491 g/mol. The summed E-state index contributed by atoms with van der Waals surface area (Å²) >= 11 is 7.54. The number of rotatable bonds is 4. The number of amides is 2. The lowest BCUT2D eigenvalue weighted by Gasteiger charge is -2.36. The van der Waals surface area contributed by atoms with Crippen LogP contribution in [0.25, 0.3) is 11.1 Å². The van der Waals surface area contributed by atoms with Gasteiger partial charge in [0.05, 0.1) is 22.2 Å². The van der Waals surface area contributed by atoms with E-state index in [1.807, 2.05) is 6.07 Å². The van der Waals surface area contributed by atoms with Gasteiger partial charge in [0.1, 0.15) is 5.52 Å². The summed E-state index contributed by atoms with van der Waals surface area (Å²) in [6, 6.07) is 5.65. The molecule has 3 aromatic rings. The summed E-state index contributed by atoms with van der Waals surface area (Å²) in [7, 11) is 0. The molecule has 11 heteroatoms. The molecule has 2 aliphatic rings. The summed E-state index contributed by atoms with van der Waals surface area (Å²) in [5.41, 5.74) is 1.45. The van der Waals surface area contributed by atoms with Crippen molar-refractivity contribution in [3.05, 3.63) is 33.8 Å². The molecule has 0 saturated carbocycles. The van der Waals surface area contributed by atoms with E-state index in [1.165, 1.54) is 11.3 Å². The van der Waals surface area contributed by atoms with Gasteiger partial charge in [-0.25, -0.2) is 9.78 Å². The minimum absolute atomic E-state index is 0.0219. The van der Waals surface area contributed by atoms with Gasteiger partial charge >= 0.3 is 6.03 Å². The van der Waals surface area contributed by atoms with E-state index in [2.05, 4.69) is 39.3 Å². The molecular weight excluding hydrogens is 466 g/mol. The molecular formula is C22H26ClN5O4S. The second kappa shape index (κ2) is 8.75. The van der Waals surface area contributed by atoms with Crippen molar-refractivity contribution in [2.45, 2.75) is 50.8 Å².